The Bertz CT molecular complexity index is 330. The van der Waals surface area contributed by atoms with E-state index in [1.807, 2.05) is 26.0 Å². The summed E-state index contributed by atoms with van der Waals surface area (Å²) in [7, 11) is 0. The van der Waals surface area contributed by atoms with Gasteiger partial charge in [-0.05, 0) is 26.0 Å². The van der Waals surface area contributed by atoms with Gasteiger partial charge in [-0.1, -0.05) is 32.0 Å². The van der Waals surface area contributed by atoms with Crippen molar-refractivity contribution in [1.82, 2.24) is 5.32 Å². The zero-order valence-electron chi connectivity index (χ0n) is 10.9. The fraction of sp³-hybridized carbons (Fsp3) is 0.571. The third kappa shape index (κ3) is 3.79. The zero-order chi connectivity index (χ0) is 12.7. The molecule has 0 saturated heterocycles. The van der Waals surface area contributed by atoms with Crippen molar-refractivity contribution in [3.8, 4) is 0 Å². The van der Waals surface area contributed by atoms with Gasteiger partial charge >= 0.3 is 0 Å². The molecule has 0 aliphatic rings. The summed E-state index contributed by atoms with van der Waals surface area (Å²) in [5, 5.41) is 3.31. The molecule has 1 aromatic carbocycles. The molecule has 0 aromatic heterocycles. The van der Waals surface area contributed by atoms with Crippen molar-refractivity contribution < 1.29 is 9.13 Å². The summed E-state index contributed by atoms with van der Waals surface area (Å²) in [4.78, 5) is 0. The first-order valence-electron chi connectivity index (χ1n) is 6.33. The number of hydrogen-bond donors (Lipinski definition) is 1. The molecule has 0 spiro atoms. The highest BCUT2D eigenvalue weighted by atomic mass is 19.1. The predicted octanol–water partition coefficient (Wildman–Crippen LogP) is 3.29. The lowest BCUT2D eigenvalue weighted by molar-refractivity contribution is 0.0309. The maximum absolute atomic E-state index is 13.8. The van der Waals surface area contributed by atoms with Crippen molar-refractivity contribution in [3.05, 3.63) is 35.6 Å². The Balaban J connectivity index is 2.94. The van der Waals surface area contributed by atoms with Crippen LogP contribution in [0.1, 0.15) is 38.8 Å². The topological polar surface area (TPSA) is 21.3 Å². The highest BCUT2D eigenvalue weighted by Crippen LogP contribution is 2.24. The van der Waals surface area contributed by atoms with Gasteiger partial charge in [-0.15, -0.1) is 0 Å². The van der Waals surface area contributed by atoms with E-state index in [1.54, 1.807) is 6.07 Å². The summed E-state index contributed by atoms with van der Waals surface area (Å²) < 4.78 is 19.5. The van der Waals surface area contributed by atoms with E-state index >= 15 is 0 Å². The van der Waals surface area contributed by atoms with Crippen LogP contribution in [0.25, 0.3) is 0 Å². The molecule has 0 bridgehead atoms. The average molecular weight is 239 g/mol. The highest BCUT2D eigenvalue weighted by Gasteiger charge is 2.23. The largest absolute Gasteiger partial charge is 0.377 e. The Morgan fingerprint density at radius 3 is 2.47 bits per heavy atom. The summed E-state index contributed by atoms with van der Waals surface area (Å²) in [5.74, 6) is -0.170. The van der Waals surface area contributed by atoms with Crippen LogP contribution < -0.4 is 5.32 Å². The van der Waals surface area contributed by atoms with Crippen molar-refractivity contribution in [1.29, 1.82) is 0 Å². The van der Waals surface area contributed by atoms with Gasteiger partial charge in [-0.25, -0.2) is 4.39 Å². The fourth-order valence-electron chi connectivity index (χ4n) is 2.05. The molecule has 2 nitrogen and oxygen atoms in total. The predicted molar refractivity (Wildman–Crippen MR) is 68.5 cm³/mol. The fourth-order valence-corrected chi connectivity index (χ4v) is 2.05. The van der Waals surface area contributed by atoms with Gasteiger partial charge in [0.1, 0.15) is 5.82 Å². The molecular weight excluding hydrogens is 217 g/mol. The van der Waals surface area contributed by atoms with Gasteiger partial charge in [0, 0.05) is 12.2 Å². The van der Waals surface area contributed by atoms with Gasteiger partial charge in [-0.3, -0.25) is 0 Å². The maximum atomic E-state index is 13.8. The summed E-state index contributed by atoms with van der Waals surface area (Å²) in [6.45, 7) is 7.49. The quantitative estimate of drug-likeness (QED) is 0.788. The summed E-state index contributed by atoms with van der Waals surface area (Å²) in [6.07, 6.45) is 0.872. The molecule has 17 heavy (non-hydrogen) atoms. The molecule has 1 rings (SSSR count). The van der Waals surface area contributed by atoms with Crippen LogP contribution in [0.15, 0.2) is 24.3 Å². The first-order chi connectivity index (χ1) is 8.24. The highest BCUT2D eigenvalue weighted by molar-refractivity contribution is 5.22. The minimum absolute atomic E-state index is 0.0110. The van der Waals surface area contributed by atoms with Gasteiger partial charge in [0.25, 0.3) is 0 Å². The van der Waals surface area contributed by atoms with Gasteiger partial charge in [-0.2, -0.15) is 0 Å². The number of hydrogen-bond acceptors (Lipinski definition) is 2. The molecule has 2 atom stereocenters. The van der Waals surface area contributed by atoms with Crippen molar-refractivity contribution in [3.63, 3.8) is 0 Å². The zero-order valence-corrected chi connectivity index (χ0v) is 10.9. The van der Waals surface area contributed by atoms with Gasteiger partial charge in [0.2, 0.25) is 0 Å². The number of halogens is 1. The lowest BCUT2D eigenvalue weighted by Gasteiger charge is -2.27. The number of nitrogens with one attached hydrogen (secondary N) is 1. The number of likely N-dealkylation sites (N-methyl/N-ethyl adjacent to an activating group) is 1. The Labute approximate surface area is 103 Å². The molecule has 1 N–H and O–H groups in total. The molecule has 0 amide bonds. The second kappa shape index (κ2) is 7.41. The van der Waals surface area contributed by atoms with Crippen LogP contribution in [0.5, 0.6) is 0 Å². The standard InChI is InChI=1S/C14H22FNO/c1-4-13(17-6-3)14(16-5-2)11-9-7-8-10-12(11)15/h7-10,13-14,16H,4-6H2,1-3H3. The Kier molecular flexibility index (Phi) is 6.16. The third-order valence-corrected chi connectivity index (χ3v) is 2.82. The van der Waals surface area contributed by atoms with E-state index in [-0.39, 0.29) is 18.0 Å². The van der Waals surface area contributed by atoms with Crippen LogP contribution >= 0.6 is 0 Å². The summed E-state index contributed by atoms with van der Waals surface area (Å²) in [6, 6.07) is 6.82. The normalized spacial score (nSPS) is 14.6. The second-order valence-corrected chi connectivity index (χ2v) is 3.96. The number of benzene rings is 1. The Morgan fingerprint density at radius 2 is 1.94 bits per heavy atom. The smallest absolute Gasteiger partial charge is 0.128 e. The molecule has 1 aromatic rings. The molecule has 3 heteroatoms. The van der Waals surface area contributed by atoms with Gasteiger partial charge < -0.3 is 10.1 Å². The van der Waals surface area contributed by atoms with Crippen LogP contribution in [0.4, 0.5) is 4.39 Å². The number of ether oxygens (including phenoxy) is 1. The van der Waals surface area contributed by atoms with Crippen molar-refractivity contribution in [2.75, 3.05) is 13.2 Å². The van der Waals surface area contributed by atoms with Crippen LogP contribution in [-0.4, -0.2) is 19.3 Å². The Hall–Kier alpha value is -0.930. The molecule has 0 aliphatic heterocycles. The van der Waals surface area contributed by atoms with Crippen molar-refractivity contribution >= 4 is 0 Å². The number of rotatable bonds is 7. The molecule has 2 unspecified atom stereocenters. The van der Waals surface area contributed by atoms with Gasteiger partial charge in [0.15, 0.2) is 0 Å². The van der Waals surface area contributed by atoms with E-state index in [2.05, 4.69) is 12.2 Å². The molecule has 0 heterocycles. The minimum atomic E-state index is -0.170. The van der Waals surface area contributed by atoms with Crippen molar-refractivity contribution in [2.45, 2.75) is 39.3 Å². The van der Waals surface area contributed by atoms with E-state index < -0.39 is 0 Å². The van der Waals surface area contributed by atoms with Crippen LogP contribution in [0.2, 0.25) is 0 Å². The first-order valence-corrected chi connectivity index (χ1v) is 6.33. The van der Waals surface area contributed by atoms with E-state index in [0.29, 0.717) is 12.2 Å². The summed E-state index contributed by atoms with van der Waals surface area (Å²) in [5.41, 5.74) is 0.689. The SMILES string of the molecule is CCNC(c1ccccc1F)C(CC)OCC. The van der Waals surface area contributed by atoms with Gasteiger partial charge in [0.05, 0.1) is 12.1 Å². The lowest BCUT2D eigenvalue weighted by atomic mass is 9.99. The Morgan fingerprint density at radius 1 is 1.24 bits per heavy atom. The van der Waals surface area contributed by atoms with E-state index in [0.717, 1.165) is 13.0 Å². The minimum Gasteiger partial charge on any atom is -0.377 e. The van der Waals surface area contributed by atoms with E-state index in [4.69, 9.17) is 4.74 Å². The molecule has 0 saturated carbocycles. The van der Waals surface area contributed by atoms with E-state index in [1.165, 1.54) is 6.07 Å². The van der Waals surface area contributed by atoms with E-state index in [9.17, 15) is 4.39 Å². The molecule has 0 fully saturated rings. The average Bonchev–Trinajstić information content (AvgIpc) is 2.34. The van der Waals surface area contributed by atoms with Crippen LogP contribution in [0.3, 0.4) is 0 Å². The third-order valence-electron chi connectivity index (χ3n) is 2.82. The molecule has 0 radical (unpaired) electrons. The second-order valence-electron chi connectivity index (χ2n) is 3.96. The first kappa shape index (κ1) is 14.1. The summed E-state index contributed by atoms with van der Waals surface area (Å²) >= 11 is 0. The van der Waals surface area contributed by atoms with Crippen molar-refractivity contribution in [2.24, 2.45) is 0 Å². The molecular formula is C14H22FNO. The maximum Gasteiger partial charge on any atom is 0.128 e. The van der Waals surface area contributed by atoms with Crippen LogP contribution in [0, 0.1) is 5.82 Å². The monoisotopic (exact) mass is 239 g/mol. The molecule has 0 aliphatic carbocycles. The van der Waals surface area contributed by atoms with Crippen LogP contribution in [-0.2, 0) is 4.74 Å². The molecule has 96 valence electrons. The lowest BCUT2D eigenvalue weighted by Crippen LogP contribution is -2.34.